The van der Waals surface area contributed by atoms with Crippen LogP contribution in [0.2, 0.25) is 0 Å². The fourth-order valence-corrected chi connectivity index (χ4v) is 1.28. The fraction of sp³-hybridized carbons (Fsp3) is 0.500. The Labute approximate surface area is 94.8 Å². The fourth-order valence-electron chi connectivity index (χ4n) is 1.28. The van der Waals surface area contributed by atoms with E-state index in [4.69, 9.17) is 9.47 Å². The van der Waals surface area contributed by atoms with Crippen LogP contribution in [0.5, 0.6) is 5.75 Å². The van der Waals surface area contributed by atoms with Crippen molar-refractivity contribution < 1.29 is 19.0 Å². The minimum atomic E-state index is -0.623. The van der Waals surface area contributed by atoms with Gasteiger partial charge in [-0.05, 0) is 24.6 Å². The highest BCUT2D eigenvalue weighted by atomic mass is 19.1. The summed E-state index contributed by atoms with van der Waals surface area (Å²) >= 11 is 0. The molecule has 0 saturated carbocycles. The molecule has 0 saturated heterocycles. The number of benzene rings is 1. The average molecular weight is 228 g/mol. The molecule has 1 rings (SSSR count). The van der Waals surface area contributed by atoms with Crippen molar-refractivity contribution >= 4 is 0 Å². The van der Waals surface area contributed by atoms with E-state index in [0.29, 0.717) is 25.2 Å². The van der Waals surface area contributed by atoms with Gasteiger partial charge in [0.2, 0.25) is 0 Å². The van der Waals surface area contributed by atoms with Crippen molar-refractivity contribution in [3.05, 3.63) is 29.6 Å². The maximum atomic E-state index is 13.3. The molecule has 0 amide bonds. The minimum Gasteiger partial charge on any atom is -0.490 e. The Kier molecular flexibility index (Phi) is 5.22. The third-order valence-electron chi connectivity index (χ3n) is 2.19. The summed E-state index contributed by atoms with van der Waals surface area (Å²) in [5.74, 6) is -0.240. The zero-order valence-electron chi connectivity index (χ0n) is 9.57. The number of ether oxygens (including phenoxy) is 2. The highest BCUT2D eigenvalue weighted by Crippen LogP contribution is 2.22. The summed E-state index contributed by atoms with van der Waals surface area (Å²) in [5, 5.41) is 9.35. The average Bonchev–Trinajstić information content (AvgIpc) is 2.26. The van der Waals surface area contributed by atoms with Crippen LogP contribution < -0.4 is 4.74 Å². The summed E-state index contributed by atoms with van der Waals surface area (Å²) in [6.45, 7) is 2.60. The van der Waals surface area contributed by atoms with E-state index < -0.39 is 11.9 Å². The number of aliphatic hydroxyl groups excluding tert-OH is 1. The van der Waals surface area contributed by atoms with Crippen LogP contribution in [0.4, 0.5) is 4.39 Å². The van der Waals surface area contributed by atoms with Crippen molar-refractivity contribution in [2.24, 2.45) is 0 Å². The van der Waals surface area contributed by atoms with E-state index in [1.54, 1.807) is 20.1 Å². The third-order valence-corrected chi connectivity index (χ3v) is 2.19. The standard InChI is InChI=1S/C12H17FO3/c1-9(14)10-4-5-11(13)12(8-10)16-7-3-6-15-2/h4-5,8-9,14H,3,6-7H2,1-2H3/t9-/m1/s1. The summed E-state index contributed by atoms with van der Waals surface area (Å²) in [4.78, 5) is 0. The first kappa shape index (κ1) is 12.9. The quantitative estimate of drug-likeness (QED) is 0.759. The van der Waals surface area contributed by atoms with E-state index in [1.165, 1.54) is 12.1 Å². The van der Waals surface area contributed by atoms with Crippen LogP contribution in [0.1, 0.15) is 25.0 Å². The first-order chi connectivity index (χ1) is 7.65. The van der Waals surface area contributed by atoms with Gasteiger partial charge in [0.15, 0.2) is 11.6 Å². The lowest BCUT2D eigenvalue weighted by Gasteiger charge is -2.10. The van der Waals surface area contributed by atoms with Gasteiger partial charge in [0.25, 0.3) is 0 Å². The van der Waals surface area contributed by atoms with Crippen LogP contribution in [-0.2, 0) is 4.74 Å². The number of hydrogen-bond acceptors (Lipinski definition) is 3. The molecule has 0 radical (unpaired) electrons. The smallest absolute Gasteiger partial charge is 0.165 e. The van der Waals surface area contributed by atoms with Crippen LogP contribution in [0, 0.1) is 5.82 Å². The molecule has 0 aliphatic rings. The maximum absolute atomic E-state index is 13.3. The number of hydrogen-bond donors (Lipinski definition) is 1. The molecule has 0 aliphatic carbocycles. The molecule has 0 aromatic heterocycles. The number of rotatable bonds is 6. The molecule has 0 bridgehead atoms. The molecule has 0 aliphatic heterocycles. The Morgan fingerprint density at radius 2 is 2.12 bits per heavy atom. The second-order valence-electron chi connectivity index (χ2n) is 3.56. The summed E-state index contributed by atoms with van der Waals surface area (Å²) < 4.78 is 23.4. The monoisotopic (exact) mass is 228 g/mol. The highest BCUT2D eigenvalue weighted by Gasteiger charge is 2.07. The van der Waals surface area contributed by atoms with Crippen LogP contribution in [0.3, 0.4) is 0 Å². The Bertz CT molecular complexity index is 326. The third kappa shape index (κ3) is 3.79. The number of halogens is 1. The molecule has 0 heterocycles. The molecule has 1 aromatic carbocycles. The van der Waals surface area contributed by atoms with E-state index in [1.807, 2.05) is 0 Å². The molecule has 3 nitrogen and oxygen atoms in total. The zero-order valence-corrected chi connectivity index (χ0v) is 9.57. The van der Waals surface area contributed by atoms with E-state index >= 15 is 0 Å². The van der Waals surface area contributed by atoms with Gasteiger partial charge >= 0.3 is 0 Å². The molecule has 1 aromatic rings. The van der Waals surface area contributed by atoms with Gasteiger partial charge in [-0.3, -0.25) is 0 Å². The Morgan fingerprint density at radius 1 is 1.38 bits per heavy atom. The summed E-state index contributed by atoms with van der Waals surface area (Å²) in [7, 11) is 1.61. The summed E-state index contributed by atoms with van der Waals surface area (Å²) in [6, 6.07) is 4.36. The Hall–Kier alpha value is -1.13. The number of methoxy groups -OCH3 is 1. The van der Waals surface area contributed by atoms with Crippen molar-refractivity contribution in [1.29, 1.82) is 0 Å². The van der Waals surface area contributed by atoms with Gasteiger partial charge in [-0.2, -0.15) is 0 Å². The molecule has 16 heavy (non-hydrogen) atoms. The predicted octanol–water partition coefficient (Wildman–Crippen LogP) is 2.29. The van der Waals surface area contributed by atoms with E-state index in [0.717, 1.165) is 0 Å². The normalized spacial score (nSPS) is 12.5. The lowest BCUT2D eigenvalue weighted by atomic mass is 10.1. The van der Waals surface area contributed by atoms with Crippen molar-refractivity contribution in [2.45, 2.75) is 19.4 Å². The lowest BCUT2D eigenvalue weighted by Crippen LogP contribution is -2.03. The molecule has 0 spiro atoms. The first-order valence-electron chi connectivity index (χ1n) is 5.24. The Balaban J connectivity index is 2.60. The SMILES string of the molecule is COCCCOc1cc([C@@H](C)O)ccc1F. The molecule has 1 atom stereocenters. The molecule has 4 heteroatoms. The minimum absolute atomic E-state index is 0.175. The number of aliphatic hydroxyl groups is 1. The van der Waals surface area contributed by atoms with Gasteiger partial charge in [0.05, 0.1) is 12.7 Å². The van der Waals surface area contributed by atoms with Crippen molar-refractivity contribution in [2.75, 3.05) is 20.3 Å². The van der Waals surface area contributed by atoms with Crippen LogP contribution >= 0.6 is 0 Å². The molecule has 0 unspecified atom stereocenters. The van der Waals surface area contributed by atoms with Gasteiger partial charge in [-0.25, -0.2) is 4.39 Å². The van der Waals surface area contributed by atoms with Gasteiger partial charge in [-0.15, -0.1) is 0 Å². The maximum Gasteiger partial charge on any atom is 0.165 e. The lowest BCUT2D eigenvalue weighted by molar-refractivity contribution is 0.169. The topological polar surface area (TPSA) is 38.7 Å². The van der Waals surface area contributed by atoms with Crippen LogP contribution in [0.25, 0.3) is 0 Å². The molecule has 0 fully saturated rings. The first-order valence-corrected chi connectivity index (χ1v) is 5.24. The molecule has 90 valence electrons. The summed E-state index contributed by atoms with van der Waals surface area (Å²) in [6.07, 6.45) is 0.0800. The van der Waals surface area contributed by atoms with E-state index in [9.17, 15) is 9.50 Å². The Morgan fingerprint density at radius 3 is 2.75 bits per heavy atom. The van der Waals surface area contributed by atoms with Gasteiger partial charge in [0, 0.05) is 20.1 Å². The second-order valence-corrected chi connectivity index (χ2v) is 3.56. The molecular formula is C12H17FO3. The zero-order chi connectivity index (χ0) is 12.0. The van der Waals surface area contributed by atoms with E-state index in [-0.39, 0.29) is 5.75 Å². The van der Waals surface area contributed by atoms with Crippen molar-refractivity contribution in [1.82, 2.24) is 0 Å². The highest BCUT2D eigenvalue weighted by molar-refractivity contribution is 5.31. The predicted molar refractivity (Wildman–Crippen MR) is 59.0 cm³/mol. The van der Waals surface area contributed by atoms with Crippen LogP contribution in [-0.4, -0.2) is 25.4 Å². The second kappa shape index (κ2) is 6.45. The van der Waals surface area contributed by atoms with Gasteiger partial charge < -0.3 is 14.6 Å². The van der Waals surface area contributed by atoms with Gasteiger partial charge in [-0.1, -0.05) is 6.07 Å². The molecule has 1 N–H and O–H groups in total. The van der Waals surface area contributed by atoms with Crippen LogP contribution in [0.15, 0.2) is 18.2 Å². The molecular weight excluding hydrogens is 211 g/mol. The largest absolute Gasteiger partial charge is 0.490 e. The van der Waals surface area contributed by atoms with Gasteiger partial charge in [0.1, 0.15) is 0 Å². The summed E-state index contributed by atoms with van der Waals surface area (Å²) in [5.41, 5.74) is 0.642. The van der Waals surface area contributed by atoms with E-state index in [2.05, 4.69) is 0 Å². The van der Waals surface area contributed by atoms with Crippen molar-refractivity contribution in [3.8, 4) is 5.75 Å². The van der Waals surface area contributed by atoms with Crippen molar-refractivity contribution in [3.63, 3.8) is 0 Å².